The molecule has 0 saturated carbocycles. The van der Waals surface area contributed by atoms with Crippen LogP contribution in [-0.2, 0) is 0 Å². The van der Waals surface area contributed by atoms with Crippen molar-refractivity contribution in [2.75, 3.05) is 18.0 Å². The predicted octanol–water partition coefficient (Wildman–Crippen LogP) is 2.85. The zero-order chi connectivity index (χ0) is 15.0. The zero-order valence-electron chi connectivity index (χ0n) is 12.0. The van der Waals surface area contributed by atoms with E-state index in [2.05, 4.69) is 33.2 Å². The first kappa shape index (κ1) is 14.0. The molecule has 0 bridgehead atoms. The van der Waals surface area contributed by atoms with E-state index in [0.29, 0.717) is 17.6 Å². The Bertz CT molecular complexity index is 683. The van der Waals surface area contributed by atoms with Crippen molar-refractivity contribution in [3.63, 3.8) is 0 Å². The summed E-state index contributed by atoms with van der Waals surface area (Å²) >= 11 is 1.78. The van der Waals surface area contributed by atoms with Gasteiger partial charge in [-0.2, -0.15) is 0 Å². The number of thiophene rings is 1. The molecule has 5 nitrogen and oxygen atoms in total. The molecule has 1 unspecified atom stereocenters. The van der Waals surface area contributed by atoms with Crippen LogP contribution in [0.4, 0.5) is 5.95 Å². The second-order valence-corrected chi connectivity index (χ2v) is 6.51. The first-order valence-electron chi connectivity index (χ1n) is 6.91. The highest BCUT2D eigenvalue weighted by Gasteiger charge is 2.26. The third-order valence-electron chi connectivity index (χ3n) is 3.89. The molecule has 1 aliphatic rings. The molecular formula is C15H17N3O2S. The first-order chi connectivity index (χ1) is 10.0. The van der Waals surface area contributed by atoms with E-state index in [1.165, 1.54) is 16.6 Å². The van der Waals surface area contributed by atoms with Crippen LogP contribution in [0.5, 0.6) is 0 Å². The first-order valence-corrected chi connectivity index (χ1v) is 7.79. The molecule has 3 heterocycles. The molecule has 1 N–H and O–H groups in total. The Kier molecular flexibility index (Phi) is 3.63. The molecule has 21 heavy (non-hydrogen) atoms. The highest BCUT2D eigenvalue weighted by molar-refractivity contribution is 7.10. The maximum absolute atomic E-state index is 11.0. The second-order valence-electron chi connectivity index (χ2n) is 5.40. The van der Waals surface area contributed by atoms with E-state index in [4.69, 9.17) is 5.11 Å². The fourth-order valence-corrected chi connectivity index (χ4v) is 3.50. The van der Waals surface area contributed by atoms with Gasteiger partial charge >= 0.3 is 5.97 Å². The summed E-state index contributed by atoms with van der Waals surface area (Å²) in [7, 11) is 0. The molecular weight excluding hydrogens is 286 g/mol. The zero-order valence-corrected chi connectivity index (χ0v) is 12.9. The van der Waals surface area contributed by atoms with Crippen LogP contribution in [0.3, 0.4) is 0 Å². The lowest BCUT2D eigenvalue weighted by atomic mass is 10.0. The molecule has 0 spiro atoms. The highest BCUT2D eigenvalue weighted by atomic mass is 32.1. The summed E-state index contributed by atoms with van der Waals surface area (Å²) in [5.74, 6) is 0.164. The van der Waals surface area contributed by atoms with E-state index >= 15 is 0 Å². The minimum absolute atomic E-state index is 0.169. The number of aromatic nitrogens is 2. The monoisotopic (exact) mass is 303 g/mol. The number of hydrogen-bond donors (Lipinski definition) is 1. The lowest BCUT2D eigenvalue weighted by Crippen LogP contribution is -2.22. The fourth-order valence-electron chi connectivity index (χ4n) is 2.71. The SMILES string of the molecule is Cc1cc(C2CCN(c3ncc(C(=O)O)c(C)n3)C2)cs1. The summed E-state index contributed by atoms with van der Waals surface area (Å²) in [6.07, 6.45) is 2.49. The van der Waals surface area contributed by atoms with Crippen LogP contribution >= 0.6 is 11.3 Å². The number of hydrogen-bond acceptors (Lipinski definition) is 5. The molecule has 0 aliphatic carbocycles. The van der Waals surface area contributed by atoms with Gasteiger partial charge in [-0.1, -0.05) is 0 Å². The largest absolute Gasteiger partial charge is 0.478 e. The van der Waals surface area contributed by atoms with Gasteiger partial charge in [0.25, 0.3) is 0 Å². The molecule has 1 aliphatic heterocycles. The number of carboxylic acids is 1. The second kappa shape index (κ2) is 5.44. The summed E-state index contributed by atoms with van der Waals surface area (Å²) in [6, 6.07) is 2.25. The maximum Gasteiger partial charge on any atom is 0.339 e. The van der Waals surface area contributed by atoms with Crippen molar-refractivity contribution in [3.05, 3.63) is 39.3 Å². The Hall–Kier alpha value is -1.95. The molecule has 3 rings (SSSR count). The Morgan fingerprint density at radius 1 is 1.48 bits per heavy atom. The van der Waals surface area contributed by atoms with Crippen LogP contribution in [0.1, 0.15) is 38.8 Å². The number of aryl methyl sites for hydroxylation is 2. The third kappa shape index (κ3) is 2.76. The third-order valence-corrected chi connectivity index (χ3v) is 4.77. The standard InChI is InChI=1S/C15H17N3O2S/c1-9-5-12(8-21-9)11-3-4-18(7-11)15-16-6-13(14(19)20)10(2)17-15/h5-6,8,11H,3-4,7H2,1-2H3,(H,19,20). The van der Waals surface area contributed by atoms with E-state index in [0.717, 1.165) is 19.5 Å². The normalized spacial score (nSPS) is 18.2. The van der Waals surface area contributed by atoms with Crippen molar-refractivity contribution < 1.29 is 9.90 Å². The lowest BCUT2D eigenvalue weighted by molar-refractivity contribution is 0.0695. The molecule has 2 aromatic rings. The van der Waals surface area contributed by atoms with E-state index < -0.39 is 5.97 Å². The number of nitrogens with zero attached hydrogens (tertiary/aromatic N) is 3. The van der Waals surface area contributed by atoms with E-state index in [1.54, 1.807) is 18.3 Å². The van der Waals surface area contributed by atoms with Gasteiger partial charge in [-0.15, -0.1) is 11.3 Å². The molecule has 0 radical (unpaired) electrons. The van der Waals surface area contributed by atoms with Crippen LogP contribution in [0.15, 0.2) is 17.6 Å². The van der Waals surface area contributed by atoms with Gasteiger partial charge in [0, 0.05) is 30.1 Å². The van der Waals surface area contributed by atoms with Crippen molar-refractivity contribution in [2.45, 2.75) is 26.2 Å². The van der Waals surface area contributed by atoms with Gasteiger partial charge in [0.15, 0.2) is 0 Å². The highest BCUT2D eigenvalue weighted by Crippen LogP contribution is 2.31. The topological polar surface area (TPSA) is 66.3 Å². The van der Waals surface area contributed by atoms with E-state index in [9.17, 15) is 4.79 Å². The quantitative estimate of drug-likeness (QED) is 0.944. The molecule has 0 aromatic carbocycles. The van der Waals surface area contributed by atoms with Crippen molar-refractivity contribution in [1.82, 2.24) is 9.97 Å². The van der Waals surface area contributed by atoms with Crippen molar-refractivity contribution in [2.24, 2.45) is 0 Å². The van der Waals surface area contributed by atoms with Gasteiger partial charge in [0.1, 0.15) is 0 Å². The molecule has 1 fully saturated rings. The average molecular weight is 303 g/mol. The summed E-state index contributed by atoms with van der Waals surface area (Å²) in [5.41, 5.74) is 2.07. The Morgan fingerprint density at radius 2 is 2.29 bits per heavy atom. The van der Waals surface area contributed by atoms with Gasteiger partial charge in [-0.25, -0.2) is 14.8 Å². The van der Waals surface area contributed by atoms with Gasteiger partial charge in [0.2, 0.25) is 5.95 Å². The van der Waals surface area contributed by atoms with Gasteiger partial charge < -0.3 is 10.0 Å². The molecule has 0 amide bonds. The van der Waals surface area contributed by atoms with Crippen LogP contribution in [0.25, 0.3) is 0 Å². The minimum Gasteiger partial charge on any atom is -0.478 e. The summed E-state index contributed by atoms with van der Waals surface area (Å²) in [6.45, 7) is 5.63. The Labute approximate surface area is 127 Å². The molecule has 1 atom stereocenters. The van der Waals surface area contributed by atoms with Crippen LogP contribution in [0, 0.1) is 13.8 Å². The Balaban J connectivity index is 1.77. The number of carbonyl (C=O) groups is 1. The van der Waals surface area contributed by atoms with Gasteiger partial charge in [-0.05, 0) is 37.3 Å². The van der Waals surface area contributed by atoms with Crippen LogP contribution in [-0.4, -0.2) is 34.1 Å². The minimum atomic E-state index is -0.980. The smallest absolute Gasteiger partial charge is 0.339 e. The summed E-state index contributed by atoms with van der Waals surface area (Å²) < 4.78 is 0. The summed E-state index contributed by atoms with van der Waals surface area (Å²) in [4.78, 5) is 23.0. The van der Waals surface area contributed by atoms with Gasteiger partial charge in [-0.3, -0.25) is 0 Å². The van der Waals surface area contributed by atoms with Crippen molar-refractivity contribution >= 4 is 23.3 Å². The molecule has 2 aromatic heterocycles. The number of anilines is 1. The molecule has 1 saturated heterocycles. The van der Waals surface area contributed by atoms with Crippen molar-refractivity contribution in [1.29, 1.82) is 0 Å². The lowest BCUT2D eigenvalue weighted by Gasteiger charge is -2.16. The van der Waals surface area contributed by atoms with Crippen molar-refractivity contribution in [3.8, 4) is 0 Å². The van der Waals surface area contributed by atoms with Gasteiger partial charge in [0.05, 0.1) is 11.3 Å². The average Bonchev–Trinajstić information content (AvgIpc) is 3.06. The Morgan fingerprint density at radius 3 is 2.90 bits per heavy atom. The number of rotatable bonds is 3. The van der Waals surface area contributed by atoms with Crippen LogP contribution in [0.2, 0.25) is 0 Å². The van der Waals surface area contributed by atoms with Crippen LogP contribution < -0.4 is 4.90 Å². The maximum atomic E-state index is 11.0. The fraction of sp³-hybridized carbons (Fsp3) is 0.400. The predicted molar refractivity (Wildman–Crippen MR) is 82.4 cm³/mol. The molecule has 110 valence electrons. The number of carboxylic acid groups (broad SMARTS) is 1. The van der Waals surface area contributed by atoms with E-state index in [-0.39, 0.29) is 5.56 Å². The number of aromatic carboxylic acids is 1. The summed E-state index contributed by atoms with van der Waals surface area (Å²) in [5, 5.41) is 11.2. The molecule has 6 heteroatoms. The van der Waals surface area contributed by atoms with E-state index in [1.807, 2.05) is 0 Å².